The van der Waals surface area contributed by atoms with Gasteiger partial charge >= 0.3 is 0 Å². The SMILES string of the molecule is CC[C@@H](C)N1CCN(Cc2cc(=O)[nH]c(-c3cccnc3)n2)CC1. The Labute approximate surface area is 142 Å². The summed E-state index contributed by atoms with van der Waals surface area (Å²) in [6, 6.07) is 5.99. The highest BCUT2D eigenvalue weighted by Gasteiger charge is 2.20. The topological polar surface area (TPSA) is 65.1 Å². The Balaban J connectivity index is 1.68. The second-order valence-electron chi connectivity index (χ2n) is 6.40. The molecule has 1 saturated heterocycles. The van der Waals surface area contributed by atoms with Gasteiger partial charge in [-0.3, -0.25) is 19.6 Å². The lowest BCUT2D eigenvalue weighted by molar-refractivity contribution is 0.0956. The van der Waals surface area contributed by atoms with Crippen LogP contribution in [-0.2, 0) is 6.54 Å². The Bertz CT molecular complexity index is 707. The van der Waals surface area contributed by atoms with Crippen LogP contribution < -0.4 is 5.56 Å². The number of nitrogens with one attached hydrogen (secondary N) is 1. The van der Waals surface area contributed by atoms with Gasteiger partial charge in [0.15, 0.2) is 0 Å². The minimum atomic E-state index is -0.114. The fourth-order valence-electron chi connectivity index (χ4n) is 3.08. The average molecular weight is 327 g/mol. The molecule has 0 unspecified atom stereocenters. The normalized spacial score (nSPS) is 17.8. The molecular weight excluding hydrogens is 302 g/mol. The maximum Gasteiger partial charge on any atom is 0.251 e. The molecule has 0 spiro atoms. The number of hydrogen-bond donors (Lipinski definition) is 1. The molecule has 2 aromatic rings. The molecule has 128 valence electrons. The van der Waals surface area contributed by atoms with E-state index in [4.69, 9.17) is 0 Å². The summed E-state index contributed by atoms with van der Waals surface area (Å²) < 4.78 is 0. The molecule has 1 atom stereocenters. The van der Waals surface area contributed by atoms with Crippen LogP contribution in [0.25, 0.3) is 11.4 Å². The lowest BCUT2D eigenvalue weighted by Gasteiger charge is -2.37. The van der Waals surface area contributed by atoms with Crippen LogP contribution in [0.2, 0.25) is 0 Å². The van der Waals surface area contributed by atoms with E-state index in [1.165, 1.54) is 6.42 Å². The lowest BCUT2D eigenvalue weighted by Crippen LogP contribution is -2.49. The van der Waals surface area contributed by atoms with E-state index in [1.54, 1.807) is 18.5 Å². The van der Waals surface area contributed by atoms with Crippen molar-refractivity contribution in [1.29, 1.82) is 0 Å². The van der Waals surface area contributed by atoms with Crippen molar-refractivity contribution in [2.24, 2.45) is 0 Å². The van der Waals surface area contributed by atoms with Crippen LogP contribution in [-0.4, -0.2) is 57.0 Å². The molecule has 24 heavy (non-hydrogen) atoms. The molecule has 6 nitrogen and oxygen atoms in total. The van der Waals surface area contributed by atoms with Crippen LogP contribution in [0.15, 0.2) is 35.4 Å². The fourth-order valence-corrected chi connectivity index (χ4v) is 3.08. The molecule has 3 rings (SSSR count). The first kappa shape index (κ1) is 16.8. The molecular formula is C18H25N5O. The van der Waals surface area contributed by atoms with Gasteiger partial charge in [0.05, 0.1) is 5.69 Å². The van der Waals surface area contributed by atoms with E-state index in [-0.39, 0.29) is 5.56 Å². The summed E-state index contributed by atoms with van der Waals surface area (Å²) in [5.41, 5.74) is 1.53. The largest absolute Gasteiger partial charge is 0.306 e. The minimum absolute atomic E-state index is 0.114. The third-order valence-corrected chi connectivity index (χ3v) is 4.74. The number of piperazine rings is 1. The molecule has 3 heterocycles. The Morgan fingerprint density at radius 1 is 1.29 bits per heavy atom. The van der Waals surface area contributed by atoms with Gasteiger partial charge in [0.25, 0.3) is 5.56 Å². The summed E-state index contributed by atoms with van der Waals surface area (Å²) in [4.78, 5) is 28.4. The van der Waals surface area contributed by atoms with Crippen molar-refractivity contribution in [1.82, 2.24) is 24.8 Å². The summed E-state index contributed by atoms with van der Waals surface area (Å²) in [7, 11) is 0. The third kappa shape index (κ3) is 4.07. The number of hydrogen-bond acceptors (Lipinski definition) is 5. The van der Waals surface area contributed by atoms with E-state index >= 15 is 0 Å². The van der Waals surface area contributed by atoms with Crippen molar-refractivity contribution < 1.29 is 0 Å². The predicted molar refractivity (Wildman–Crippen MR) is 94.7 cm³/mol. The van der Waals surface area contributed by atoms with Crippen LogP contribution >= 0.6 is 0 Å². The molecule has 0 bridgehead atoms. The van der Waals surface area contributed by atoms with Gasteiger partial charge in [-0.2, -0.15) is 0 Å². The molecule has 1 N–H and O–H groups in total. The zero-order chi connectivity index (χ0) is 16.9. The molecule has 0 aromatic carbocycles. The first-order valence-corrected chi connectivity index (χ1v) is 8.62. The molecule has 0 amide bonds. The molecule has 2 aromatic heterocycles. The van der Waals surface area contributed by atoms with Crippen molar-refractivity contribution in [3.05, 3.63) is 46.6 Å². The molecule has 6 heteroatoms. The van der Waals surface area contributed by atoms with E-state index in [9.17, 15) is 4.79 Å². The van der Waals surface area contributed by atoms with Crippen molar-refractivity contribution in [3.63, 3.8) is 0 Å². The second-order valence-corrected chi connectivity index (χ2v) is 6.40. The van der Waals surface area contributed by atoms with Crippen LogP contribution in [0, 0.1) is 0 Å². The molecule has 1 aliphatic heterocycles. The van der Waals surface area contributed by atoms with E-state index < -0.39 is 0 Å². The molecule has 0 aliphatic carbocycles. The van der Waals surface area contributed by atoms with Crippen molar-refractivity contribution in [2.75, 3.05) is 26.2 Å². The number of nitrogens with zero attached hydrogens (tertiary/aromatic N) is 4. The predicted octanol–water partition coefficient (Wildman–Crippen LogP) is 1.75. The minimum Gasteiger partial charge on any atom is -0.306 e. The van der Waals surface area contributed by atoms with Gasteiger partial charge in [-0.25, -0.2) is 4.98 Å². The lowest BCUT2D eigenvalue weighted by atomic mass is 10.2. The maximum atomic E-state index is 12.0. The summed E-state index contributed by atoms with van der Waals surface area (Å²) in [5, 5.41) is 0. The smallest absolute Gasteiger partial charge is 0.251 e. The zero-order valence-corrected chi connectivity index (χ0v) is 14.4. The monoisotopic (exact) mass is 327 g/mol. The molecule has 0 radical (unpaired) electrons. The van der Waals surface area contributed by atoms with Gasteiger partial charge in [0.2, 0.25) is 0 Å². The average Bonchev–Trinajstić information content (AvgIpc) is 2.62. The molecule has 1 fully saturated rings. The highest BCUT2D eigenvalue weighted by molar-refractivity contribution is 5.52. The van der Waals surface area contributed by atoms with E-state index in [0.29, 0.717) is 18.4 Å². The van der Waals surface area contributed by atoms with Crippen LogP contribution in [0.4, 0.5) is 0 Å². The first-order chi connectivity index (χ1) is 11.7. The number of pyridine rings is 1. The second kappa shape index (κ2) is 7.68. The number of H-pyrrole nitrogens is 1. The number of aromatic nitrogens is 3. The standard InChI is InChI=1S/C18H25N5O/c1-3-14(2)23-9-7-22(8-10-23)13-16-11-17(24)21-18(20-16)15-5-4-6-19-12-15/h4-6,11-12,14H,3,7-10,13H2,1-2H3,(H,20,21,24)/t14-/m1/s1. The highest BCUT2D eigenvalue weighted by Crippen LogP contribution is 2.14. The van der Waals surface area contributed by atoms with Crippen LogP contribution in [0.3, 0.4) is 0 Å². The van der Waals surface area contributed by atoms with E-state index in [2.05, 4.69) is 38.6 Å². The molecule has 0 saturated carbocycles. The number of aromatic amines is 1. The Morgan fingerprint density at radius 2 is 2.08 bits per heavy atom. The van der Waals surface area contributed by atoms with Crippen molar-refractivity contribution in [3.8, 4) is 11.4 Å². The van der Waals surface area contributed by atoms with Crippen LogP contribution in [0.1, 0.15) is 26.0 Å². The van der Waals surface area contributed by atoms with Gasteiger partial charge < -0.3 is 4.98 Å². The number of rotatable bonds is 5. The summed E-state index contributed by atoms with van der Waals surface area (Å²) in [6.07, 6.45) is 4.61. The van der Waals surface area contributed by atoms with Crippen molar-refractivity contribution in [2.45, 2.75) is 32.9 Å². The fraction of sp³-hybridized carbons (Fsp3) is 0.500. The van der Waals surface area contributed by atoms with Gasteiger partial charge in [0.1, 0.15) is 5.82 Å². The Kier molecular flexibility index (Phi) is 5.37. The van der Waals surface area contributed by atoms with Gasteiger partial charge in [-0.05, 0) is 25.5 Å². The first-order valence-electron chi connectivity index (χ1n) is 8.62. The van der Waals surface area contributed by atoms with E-state index in [0.717, 1.165) is 37.4 Å². The third-order valence-electron chi connectivity index (χ3n) is 4.74. The maximum absolute atomic E-state index is 12.0. The van der Waals surface area contributed by atoms with Gasteiger partial charge in [0, 0.05) is 62.8 Å². The zero-order valence-electron chi connectivity index (χ0n) is 14.4. The Morgan fingerprint density at radius 3 is 2.75 bits per heavy atom. The van der Waals surface area contributed by atoms with Crippen LogP contribution in [0.5, 0.6) is 0 Å². The van der Waals surface area contributed by atoms with Gasteiger partial charge in [-0.15, -0.1) is 0 Å². The highest BCUT2D eigenvalue weighted by atomic mass is 16.1. The summed E-state index contributed by atoms with van der Waals surface area (Å²) in [6.45, 7) is 9.42. The van der Waals surface area contributed by atoms with E-state index in [1.807, 2.05) is 12.1 Å². The Hall–Kier alpha value is -2.05. The summed E-state index contributed by atoms with van der Waals surface area (Å²) in [5.74, 6) is 0.587. The molecule has 1 aliphatic rings. The van der Waals surface area contributed by atoms with Crippen molar-refractivity contribution >= 4 is 0 Å². The summed E-state index contributed by atoms with van der Waals surface area (Å²) >= 11 is 0. The van der Waals surface area contributed by atoms with Gasteiger partial charge in [-0.1, -0.05) is 6.92 Å². The quantitative estimate of drug-likeness (QED) is 0.906.